The Bertz CT molecular complexity index is 1380. The number of nitrogens with zero attached hydrogens (tertiary/aromatic N) is 4. The van der Waals surface area contributed by atoms with Gasteiger partial charge in [-0.05, 0) is 45.0 Å². The average molecular weight is 559 g/mol. The van der Waals surface area contributed by atoms with E-state index in [0.717, 1.165) is 12.1 Å². The van der Waals surface area contributed by atoms with Gasteiger partial charge in [-0.3, -0.25) is 5.32 Å². The summed E-state index contributed by atoms with van der Waals surface area (Å²) in [5.41, 5.74) is -0.211. The predicted octanol–water partition coefficient (Wildman–Crippen LogP) is 5.74. The van der Waals surface area contributed by atoms with Crippen LogP contribution in [0.2, 0.25) is 5.02 Å². The minimum atomic E-state index is -0.789. The third-order valence-electron chi connectivity index (χ3n) is 4.84. The molecule has 13 heteroatoms. The Morgan fingerprint density at radius 2 is 1.87 bits per heavy atom. The SMILES string of the molecule is CC(C)(C)OC(=O)N(CCOc1ccc(NC(=O)Nc2cnc(C#N)cn2)cc1Cl)Cc1ccc(F)cc1F. The monoisotopic (exact) mass is 558 g/mol. The molecular formula is C26H25ClF2N6O4. The molecule has 0 aliphatic rings. The minimum absolute atomic E-state index is 0.0100. The van der Waals surface area contributed by atoms with E-state index in [0.29, 0.717) is 5.69 Å². The first-order valence-electron chi connectivity index (χ1n) is 11.6. The molecule has 1 aromatic heterocycles. The van der Waals surface area contributed by atoms with Gasteiger partial charge in [-0.1, -0.05) is 17.7 Å². The molecular weight excluding hydrogens is 534 g/mol. The Balaban J connectivity index is 1.60. The van der Waals surface area contributed by atoms with Crippen molar-refractivity contribution in [1.29, 1.82) is 5.26 Å². The third kappa shape index (κ3) is 9.08. The normalized spacial score (nSPS) is 10.8. The summed E-state index contributed by atoms with van der Waals surface area (Å²) in [6.45, 7) is 4.92. The van der Waals surface area contributed by atoms with E-state index < -0.39 is 29.4 Å². The van der Waals surface area contributed by atoms with E-state index in [-0.39, 0.29) is 47.5 Å². The molecule has 0 radical (unpaired) electrons. The maximum Gasteiger partial charge on any atom is 0.410 e. The summed E-state index contributed by atoms with van der Waals surface area (Å²) in [5.74, 6) is -1.09. The second-order valence-electron chi connectivity index (χ2n) is 9.11. The predicted molar refractivity (Wildman–Crippen MR) is 139 cm³/mol. The van der Waals surface area contributed by atoms with Gasteiger partial charge >= 0.3 is 12.1 Å². The fourth-order valence-electron chi connectivity index (χ4n) is 3.11. The highest BCUT2D eigenvalue weighted by Gasteiger charge is 2.23. The number of halogens is 3. The maximum absolute atomic E-state index is 14.2. The third-order valence-corrected chi connectivity index (χ3v) is 5.14. The first-order chi connectivity index (χ1) is 18.4. The van der Waals surface area contributed by atoms with Gasteiger partial charge in [0, 0.05) is 17.3 Å². The first kappa shape index (κ1) is 29.1. The highest BCUT2D eigenvalue weighted by atomic mass is 35.5. The Morgan fingerprint density at radius 3 is 2.49 bits per heavy atom. The molecule has 204 valence electrons. The van der Waals surface area contributed by atoms with Crippen LogP contribution >= 0.6 is 11.6 Å². The molecule has 0 saturated carbocycles. The quantitative estimate of drug-likeness (QED) is 0.360. The lowest BCUT2D eigenvalue weighted by molar-refractivity contribution is 0.0207. The molecule has 0 unspecified atom stereocenters. The van der Waals surface area contributed by atoms with Crippen LogP contribution in [0.15, 0.2) is 48.8 Å². The van der Waals surface area contributed by atoms with Gasteiger partial charge in [0.25, 0.3) is 0 Å². The lowest BCUT2D eigenvalue weighted by Gasteiger charge is -2.27. The minimum Gasteiger partial charge on any atom is -0.490 e. The molecule has 0 aliphatic carbocycles. The van der Waals surface area contributed by atoms with Crippen LogP contribution in [0.4, 0.5) is 29.9 Å². The number of anilines is 2. The first-order valence-corrected chi connectivity index (χ1v) is 12.0. The van der Waals surface area contributed by atoms with Crippen LogP contribution in [0.5, 0.6) is 5.75 Å². The van der Waals surface area contributed by atoms with Gasteiger partial charge in [0.2, 0.25) is 0 Å². The zero-order chi connectivity index (χ0) is 28.6. The van der Waals surface area contributed by atoms with E-state index in [4.69, 9.17) is 26.3 Å². The number of amides is 3. The molecule has 0 spiro atoms. The number of carbonyl (C=O) groups excluding carboxylic acids is 2. The van der Waals surface area contributed by atoms with Gasteiger partial charge in [-0.15, -0.1) is 0 Å². The van der Waals surface area contributed by atoms with Crippen LogP contribution in [-0.4, -0.2) is 45.7 Å². The summed E-state index contributed by atoms with van der Waals surface area (Å²) in [6, 6.07) is 8.85. The summed E-state index contributed by atoms with van der Waals surface area (Å²) in [6.07, 6.45) is 1.77. The average Bonchev–Trinajstić information content (AvgIpc) is 2.85. The smallest absolute Gasteiger partial charge is 0.410 e. The molecule has 1 heterocycles. The standard InChI is InChI=1S/C26H25ClF2N6O4/c1-26(2,3)39-25(37)35(15-16-4-5-17(28)10-21(16)29)8-9-38-22-7-6-18(11-20(22)27)33-24(36)34-23-14-31-19(12-30)13-32-23/h4-7,10-11,13-14H,8-9,15H2,1-3H3,(H2,32,33,34,36). The second kappa shape index (κ2) is 12.8. The van der Waals surface area contributed by atoms with E-state index in [1.165, 1.54) is 35.5 Å². The Kier molecular flexibility index (Phi) is 9.57. The van der Waals surface area contributed by atoms with Crippen LogP contribution < -0.4 is 15.4 Å². The molecule has 2 aromatic carbocycles. The number of aromatic nitrogens is 2. The van der Waals surface area contributed by atoms with Crippen LogP contribution in [0.1, 0.15) is 32.0 Å². The number of hydrogen-bond acceptors (Lipinski definition) is 7. The van der Waals surface area contributed by atoms with Crippen LogP contribution in [0.25, 0.3) is 0 Å². The number of urea groups is 1. The van der Waals surface area contributed by atoms with Crippen molar-refractivity contribution in [2.75, 3.05) is 23.8 Å². The molecule has 39 heavy (non-hydrogen) atoms. The summed E-state index contributed by atoms with van der Waals surface area (Å²) in [4.78, 5) is 33.9. The summed E-state index contributed by atoms with van der Waals surface area (Å²) >= 11 is 6.30. The molecule has 0 fully saturated rings. The Morgan fingerprint density at radius 1 is 1.10 bits per heavy atom. The lowest BCUT2D eigenvalue weighted by Crippen LogP contribution is -2.38. The fourth-order valence-corrected chi connectivity index (χ4v) is 3.34. The van der Waals surface area contributed by atoms with E-state index in [1.807, 2.05) is 6.07 Å². The van der Waals surface area contributed by atoms with Crippen LogP contribution in [-0.2, 0) is 11.3 Å². The summed E-state index contributed by atoms with van der Waals surface area (Å²) in [5, 5.41) is 14.0. The van der Waals surface area contributed by atoms with Crippen molar-refractivity contribution in [2.24, 2.45) is 0 Å². The molecule has 10 nitrogen and oxygen atoms in total. The van der Waals surface area contributed by atoms with Crippen molar-refractivity contribution < 1.29 is 27.8 Å². The van der Waals surface area contributed by atoms with Crippen molar-refractivity contribution in [3.05, 3.63) is 76.7 Å². The van der Waals surface area contributed by atoms with Crippen molar-refractivity contribution in [1.82, 2.24) is 14.9 Å². The Labute approximate surface area is 228 Å². The molecule has 0 atom stereocenters. The highest BCUT2D eigenvalue weighted by molar-refractivity contribution is 6.32. The largest absolute Gasteiger partial charge is 0.490 e. The highest BCUT2D eigenvalue weighted by Crippen LogP contribution is 2.28. The second-order valence-corrected chi connectivity index (χ2v) is 9.52. The topological polar surface area (TPSA) is 129 Å². The lowest BCUT2D eigenvalue weighted by atomic mass is 10.2. The molecule has 3 rings (SSSR count). The number of benzene rings is 2. The summed E-state index contributed by atoms with van der Waals surface area (Å²) in [7, 11) is 0. The maximum atomic E-state index is 14.2. The molecule has 0 saturated heterocycles. The zero-order valence-electron chi connectivity index (χ0n) is 21.3. The van der Waals surface area contributed by atoms with Crippen molar-refractivity contribution in [3.63, 3.8) is 0 Å². The molecule has 0 aliphatic heterocycles. The van der Waals surface area contributed by atoms with Crippen LogP contribution in [0.3, 0.4) is 0 Å². The van der Waals surface area contributed by atoms with E-state index in [9.17, 15) is 18.4 Å². The number of ether oxygens (including phenoxy) is 2. The number of hydrogen-bond donors (Lipinski definition) is 2. The summed E-state index contributed by atoms with van der Waals surface area (Å²) < 4.78 is 38.6. The van der Waals surface area contributed by atoms with Gasteiger partial charge in [0.05, 0.1) is 30.5 Å². The van der Waals surface area contributed by atoms with E-state index in [1.54, 1.807) is 26.8 Å². The van der Waals surface area contributed by atoms with Gasteiger partial charge in [-0.25, -0.2) is 28.3 Å². The molecule has 3 aromatic rings. The van der Waals surface area contributed by atoms with Gasteiger partial charge in [0.15, 0.2) is 11.5 Å². The van der Waals surface area contributed by atoms with Crippen molar-refractivity contribution in [3.8, 4) is 11.8 Å². The van der Waals surface area contributed by atoms with Crippen LogP contribution in [0, 0.1) is 23.0 Å². The van der Waals surface area contributed by atoms with Gasteiger partial charge in [0.1, 0.15) is 35.7 Å². The van der Waals surface area contributed by atoms with Gasteiger partial charge in [-0.2, -0.15) is 5.26 Å². The number of rotatable bonds is 8. The fraction of sp³-hybridized carbons (Fsp3) is 0.269. The molecule has 0 bridgehead atoms. The van der Waals surface area contributed by atoms with E-state index >= 15 is 0 Å². The number of nitrogens with one attached hydrogen (secondary N) is 2. The van der Waals surface area contributed by atoms with Gasteiger partial charge < -0.3 is 19.7 Å². The van der Waals surface area contributed by atoms with E-state index in [2.05, 4.69) is 20.6 Å². The van der Waals surface area contributed by atoms with Crippen molar-refractivity contribution >= 4 is 35.2 Å². The molecule has 2 N–H and O–H groups in total. The number of carbonyl (C=O) groups is 2. The zero-order valence-corrected chi connectivity index (χ0v) is 22.1. The molecule has 3 amide bonds. The van der Waals surface area contributed by atoms with Crippen molar-refractivity contribution in [2.45, 2.75) is 32.9 Å². The Hall–Kier alpha value is -4.50. The number of nitriles is 1.